The SMILES string of the molecule is CCOC(=O)C[C@@H]1C(C)C[C@H](O)[C@@H]2C[C@@H](OCOC)[C@H]3CC4(C[C@H]3[C@@]12C)OCCO4. The third-order valence-corrected chi connectivity index (χ3v) is 8.63. The summed E-state index contributed by atoms with van der Waals surface area (Å²) in [6.07, 6.45) is 3.05. The van der Waals surface area contributed by atoms with Gasteiger partial charge in [-0.15, -0.1) is 0 Å². The molecule has 0 amide bonds. The number of esters is 1. The van der Waals surface area contributed by atoms with E-state index in [2.05, 4.69) is 13.8 Å². The number of aliphatic hydroxyl groups excluding tert-OH is 1. The lowest BCUT2D eigenvalue weighted by atomic mass is 9.45. The van der Waals surface area contributed by atoms with Crippen LogP contribution in [0.15, 0.2) is 0 Å². The Morgan fingerprint density at radius 2 is 1.90 bits per heavy atom. The summed E-state index contributed by atoms with van der Waals surface area (Å²) in [5.74, 6) is 0.257. The van der Waals surface area contributed by atoms with Crippen molar-refractivity contribution in [1.82, 2.24) is 0 Å². The van der Waals surface area contributed by atoms with Crippen LogP contribution in [-0.4, -0.2) is 62.8 Å². The topological polar surface area (TPSA) is 83.5 Å². The first-order valence-electron chi connectivity index (χ1n) is 11.6. The van der Waals surface area contributed by atoms with Gasteiger partial charge in [0, 0.05) is 26.4 Å². The highest BCUT2D eigenvalue weighted by molar-refractivity contribution is 5.69. The van der Waals surface area contributed by atoms with Gasteiger partial charge in [0.1, 0.15) is 6.79 Å². The fourth-order valence-corrected chi connectivity index (χ4v) is 7.44. The van der Waals surface area contributed by atoms with Gasteiger partial charge >= 0.3 is 5.97 Å². The van der Waals surface area contributed by atoms with Gasteiger partial charge in [0.25, 0.3) is 0 Å². The molecule has 1 aliphatic heterocycles. The summed E-state index contributed by atoms with van der Waals surface area (Å²) < 4.78 is 28.9. The molecule has 30 heavy (non-hydrogen) atoms. The summed E-state index contributed by atoms with van der Waals surface area (Å²) in [5, 5.41) is 11.1. The number of methoxy groups -OCH3 is 1. The average molecular weight is 427 g/mol. The number of hydrogen-bond donors (Lipinski definition) is 1. The van der Waals surface area contributed by atoms with Crippen LogP contribution in [0, 0.1) is 35.0 Å². The van der Waals surface area contributed by atoms with Crippen molar-refractivity contribution >= 4 is 5.97 Å². The zero-order valence-electron chi connectivity index (χ0n) is 18.8. The molecule has 0 radical (unpaired) electrons. The fraction of sp³-hybridized carbons (Fsp3) is 0.957. The molecule has 0 aromatic heterocycles. The number of rotatable bonds is 6. The number of aliphatic hydroxyl groups is 1. The second kappa shape index (κ2) is 8.66. The second-order valence-corrected chi connectivity index (χ2v) is 10.0. The lowest BCUT2D eigenvalue weighted by Crippen LogP contribution is -2.60. The first kappa shape index (κ1) is 22.5. The summed E-state index contributed by atoms with van der Waals surface area (Å²) in [6.45, 7) is 8.18. The molecule has 4 fully saturated rings. The van der Waals surface area contributed by atoms with Crippen molar-refractivity contribution < 1.29 is 33.6 Å². The highest BCUT2D eigenvalue weighted by Crippen LogP contribution is 2.66. The Bertz CT molecular complexity index is 619. The highest BCUT2D eigenvalue weighted by Gasteiger charge is 2.66. The van der Waals surface area contributed by atoms with E-state index in [1.807, 2.05) is 6.92 Å². The zero-order valence-corrected chi connectivity index (χ0v) is 18.8. The normalized spacial score (nSPS) is 44.6. The fourth-order valence-electron chi connectivity index (χ4n) is 7.44. The molecule has 0 aromatic carbocycles. The number of hydrogen-bond acceptors (Lipinski definition) is 7. The van der Waals surface area contributed by atoms with Gasteiger partial charge in [0.15, 0.2) is 5.79 Å². The van der Waals surface area contributed by atoms with Crippen LogP contribution in [0.5, 0.6) is 0 Å². The molecule has 3 saturated carbocycles. The van der Waals surface area contributed by atoms with E-state index in [0.717, 1.165) is 19.3 Å². The van der Waals surface area contributed by atoms with Gasteiger partial charge in [-0.2, -0.15) is 0 Å². The van der Waals surface area contributed by atoms with Crippen molar-refractivity contribution in [1.29, 1.82) is 0 Å². The van der Waals surface area contributed by atoms with Crippen molar-refractivity contribution in [2.24, 2.45) is 35.0 Å². The van der Waals surface area contributed by atoms with E-state index in [4.69, 9.17) is 23.7 Å². The molecule has 1 spiro atoms. The number of ether oxygens (including phenoxy) is 5. The van der Waals surface area contributed by atoms with E-state index in [9.17, 15) is 9.90 Å². The standard InChI is InChI=1S/C23H38O7/c1-5-27-21(25)10-16-14(2)8-19(24)17-9-20(28-13-26-4)15-11-23(29-6-7-30-23)12-18(15)22(16,17)3/h14-20,24H,5-13H2,1-4H3/t14?,15-,16+,17-,18+,19-,20+,22-/m0/s1. The van der Waals surface area contributed by atoms with Crippen molar-refractivity contribution in [2.45, 2.75) is 70.9 Å². The molecule has 4 rings (SSSR count). The third-order valence-electron chi connectivity index (χ3n) is 8.63. The van der Waals surface area contributed by atoms with Gasteiger partial charge in [0.05, 0.1) is 32.0 Å². The Morgan fingerprint density at radius 3 is 2.57 bits per heavy atom. The molecule has 7 nitrogen and oxygen atoms in total. The number of carbonyl (C=O) groups excluding carboxylic acids is 1. The van der Waals surface area contributed by atoms with Gasteiger partial charge in [0.2, 0.25) is 0 Å². The van der Waals surface area contributed by atoms with Crippen molar-refractivity contribution in [2.75, 3.05) is 33.7 Å². The minimum absolute atomic E-state index is 0.00787. The molecular formula is C23H38O7. The molecule has 1 saturated heterocycles. The molecule has 172 valence electrons. The van der Waals surface area contributed by atoms with E-state index in [1.54, 1.807) is 7.11 Å². The Balaban J connectivity index is 1.68. The van der Waals surface area contributed by atoms with Crippen molar-refractivity contribution in [3.05, 3.63) is 0 Å². The molecule has 0 bridgehead atoms. The monoisotopic (exact) mass is 426 g/mol. The predicted molar refractivity (Wildman–Crippen MR) is 108 cm³/mol. The lowest BCUT2D eigenvalue weighted by molar-refractivity contribution is -0.205. The van der Waals surface area contributed by atoms with Crippen LogP contribution >= 0.6 is 0 Å². The van der Waals surface area contributed by atoms with Gasteiger partial charge in [-0.05, 0) is 54.8 Å². The predicted octanol–water partition coefficient (Wildman–Crippen LogP) is 2.74. The summed E-state index contributed by atoms with van der Waals surface area (Å²) in [4.78, 5) is 12.5. The van der Waals surface area contributed by atoms with E-state index in [0.29, 0.717) is 32.7 Å². The second-order valence-electron chi connectivity index (χ2n) is 10.0. The first-order chi connectivity index (χ1) is 14.3. The van der Waals surface area contributed by atoms with Crippen LogP contribution < -0.4 is 0 Å². The van der Waals surface area contributed by atoms with Crippen LogP contribution in [-0.2, 0) is 28.5 Å². The van der Waals surface area contributed by atoms with Gasteiger partial charge in [-0.1, -0.05) is 13.8 Å². The summed E-state index contributed by atoms with van der Waals surface area (Å²) in [5.41, 5.74) is -0.208. The largest absolute Gasteiger partial charge is 0.466 e. The van der Waals surface area contributed by atoms with E-state index >= 15 is 0 Å². The molecule has 1 heterocycles. The first-order valence-corrected chi connectivity index (χ1v) is 11.6. The van der Waals surface area contributed by atoms with Gasteiger partial charge in [-0.25, -0.2) is 0 Å². The van der Waals surface area contributed by atoms with Crippen molar-refractivity contribution in [3.8, 4) is 0 Å². The van der Waals surface area contributed by atoms with Gasteiger partial charge in [-0.3, -0.25) is 4.79 Å². The zero-order chi connectivity index (χ0) is 21.5. The summed E-state index contributed by atoms with van der Waals surface area (Å²) in [7, 11) is 1.64. The van der Waals surface area contributed by atoms with E-state index in [1.165, 1.54) is 0 Å². The molecule has 7 heteroatoms. The van der Waals surface area contributed by atoms with E-state index in [-0.39, 0.29) is 53.9 Å². The maximum atomic E-state index is 12.5. The number of carbonyl (C=O) groups is 1. The average Bonchev–Trinajstić information content (AvgIpc) is 3.32. The minimum Gasteiger partial charge on any atom is -0.466 e. The molecule has 4 aliphatic rings. The van der Waals surface area contributed by atoms with E-state index < -0.39 is 11.9 Å². The smallest absolute Gasteiger partial charge is 0.306 e. The third kappa shape index (κ3) is 3.71. The molecule has 3 aliphatic carbocycles. The van der Waals surface area contributed by atoms with Crippen LogP contribution in [0.1, 0.15) is 52.9 Å². The minimum atomic E-state index is -0.554. The Hall–Kier alpha value is -0.730. The Kier molecular flexibility index (Phi) is 6.48. The Labute approximate surface area is 179 Å². The number of fused-ring (bicyclic) bond motifs is 3. The summed E-state index contributed by atoms with van der Waals surface area (Å²) >= 11 is 0. The maximum absolute atomic E-state index is 12.5. The molecule has 1 unspecified atom stereocenters. The molecule has 0 aromatic rings. The highest BCUT2D eigenvalue weighted by atomic mass is 16.7. The molecule has 1 N–H and O–H groups in total. The lowest BCUT2D eigenvalue weighted by Gasteiger charge is -2.60. The maximum Gasteiger partial charge on any atom is 0.306 e. The van der Waals surface area contributed by atoms with Crippen LogP contribution in [0.25, 0.3) is 0 Å². The quantitative estimate of drug-likeness (QED) is 0.516. The van der Waals surface area contributed by atoms with Crippen LogP contribution in [0.4, 0.5) is 0 Å². The molecular weight excluding hydrogens is 388 g/mol. The van der Waals surface area contributed by atoms with Crippen LogP contribution in [0.3, 0.4) is 0 Å². The molecule has 8 atom stereocenters. The Morgan fingerprint density at radius 1 is 1.17 bits per heavy atom. The van der Waals surface area contributed by atoms with Crippen LogP contribution in [0.2, 0.25) is 0 Å². The van der Waals surface area contributed by atoms with Crippen molar-refractivity contribution in [3.63, 3.8) is 0 Å². The summed E-state index contributed by atoms with van der Waals surface area (Å²) in [6, 6.07) is 0. The van der Waals surface area contributed by atoms with Gasteiger partial charge < -0.3 is 28.8 Å².